The molecule has 1 aliphatic rings. The molecule has 0 saturated heterocycles. The van der Waals surface area contributed by atoms with Gasteiger partial charge in [0, 0.05) is 5.02 Å². The Morgan fingerprint density at radius 2 is 2.13 bits per heavy atom. The van der Waals surface area contributed by atoms with Crippen molar-refractivity contribution in [2.24, 2.45) is 4.99 Å². The molecule has 0 aliphatic heterocycles. The summed E-state index contributed by atoms with van der Waals surface area (Å²) in [6.45, 7) is 0. The van der Waals surface area contributed by atoms with Crippen LogP contribution in [-0.2, 0) is 10.3 Å². The van der Waals surface area contributed by atoms with Gasteiger partial charge >= 0.3 is 0 Å². The van der Waals surface area contributed by atoms with E-state index >= 15 is 0 Å². The highest BCUT2D eigenvalue weighted by Crippen LogP contribution is 2.45. The molecule has 1 aliphatic carbocycles. The zero-order chi connectivity index (χ0) is 10.9. The van der Waals surface area contributed by atoms with Crippen LogP contribution in [0.1, 0.15) is 24.8 Å². The Bertz CT molecular complexity index is 416. The summed E-state index contributed by atoms with van der Waals surface area (Å²) in [4.78, 5) is 14.1. The molecular formula is C11H9ClFNO. The average Bonchev–Trinajstić information content (AvgIpc) is 2.09. The summed E-state index contributed by atoms with van der Waals surface area (Å²) in [5, 5.41) is 0.331. The third-order valence-electron chi connectivity index (χ3n) is 2.84. The highest BCUT2D eigenvalue weighted by molar-refractivity contribution is 6.30. The Morgan fingerprint density at radius 1 is 1.40 bits per heavy atom. The summed E-state index contributed by atoms with van der Waals surface area (Å²) in [7, 11) is 0. The van der Waals surface area contributed by atoms with E-state index in [-0.39, 0.29) is 0 Å². The van der Waals surface area contributed by atoms with E-state index in [1.807, 2.05) is 0 Å². The van der Waals surface area contributed by atoms with E-state index in [9.17, 15) is 9.18 Å². The van der Waals surface area contributed by atoms with E-state index in [4.69, 9.17) is 11.6 Å². The molecule has 0 spiro atoms. The lowest BCUT2D eigenvalue weighted by Crippen LogP contribution is -2.31. The topological polar surface area (TPSA) is 29.4 Å². The van der Waals surface area contributed by atoms with Crippen LogP contribution in [0.3, 0.4) is 0 Å². The minimum atomic E-state index is -0.576. The first kappa shape index (κ1) is 10.3. The van der Waals surface area contributed by atoms with Gasteiger partial charge in [0.1, 0.15) is 5.82 Å². The lowest BCUT2D eigenvalue weighted by Gasteiger charge is -2.37. The average molecular weight is 226 g/mol. The number of nitrogens with zero attached hydrogens (tertiary/aromatic N) is 1. The molecule has 1 aromatic rings. The van der Waals surface area contributed by atoms with E-state index in [0.29, 0.717) is 10.6 Å². The van der Waals surface area contributed by atoms with Crippen LogP contribution in [0, 0.1) is 5.82 Å². The maximum absolute atomic E-state index is 13.1. The maximum Gasteiger partial charge on any atom is 0.235 e. The number of rotatable bonds is 2. The van der Waals surface area contributed by atoms with Crippen LogP contribution in [-0.4, -0.2) is 6.08 Å². The van der Waals surface area contributed by atoms with Gasteiger partial charge in [-0.15, -0.1) is 0 Å². The van der Waals surface area contributed by atoms with Crippen molar-refractivity contribution >= 4 is 17.7 Å². The second-order valence-corrected chi connectivity index (χ2v) is 4.18. The molecule has 1 fully saturated rings. The first-order chi connectivity index (χ1) is 7.16. The fourth-order valence-electron chi connectivity index (χ4n) is 1.89. The Labute approximate surface area is 91.8 Å². The first-order valence-corrected chi connectivity index (χ1v) is 5.10. The summed E-state index contributed by atoms with van der Waals surface area (Å²) < 4.78 is 13.1. The molecule has 0 radical (unpaired) electrons. The summed E-state index contributed by atoms with van der Waals surface area (Å²) in [5.41, 5.74) is 0.0927. The largest absolute Gasteiger partial charge is 0.235 e. The van der Waals surface area contributed by atoms with Crippen molar-refractivity contribution in [1.82, 2.24) is 0 Å². The van der Waals surface area contributed by atoms with Crippen molar-refractivity contribution in [3.63, 3.8) is 0 Å². The summed E-state index contributed by atoms with van der Waals surface area (Å²) in [6.07, 6.45) is 4.05. The first-order valence-electron chi connectivity index (χ1n) is 4.72. The van der Waals surface area contributed by atoms with Gasteiger partial charge in [-0.25, -0.2) is 9.18 Å². The van der Waals surface area contributed by atoms with Crippen molar-refractivity contribution in [3.8, 4) is 0 Å². The molecule has 0 amide bonds. The molecule has 0 atom stereocenters. The predicted molar refractivity (Wildman–Crippen MR) is 55.1 cm³/mol. The van der Waals surface area contributed by atoms with E-state index in [1.165, 1.54) is 12.1 Å². The molecule has 0 aromatic heterocycles. The molecule has 0 unspecified atom stereocenters. The summed E-state index contributed by atoms with van der Waals surface area (Å²) in [5.74, 6) is -0.398. The molecule has 0 heterocycles. The zero-order valence-electron chi connectivity index (χ0n) is 7.96. The predicted octanol–water partition coefficient (Wildman–Crippen LogP) is 3.19. The van der Waals surface area contributed by atoms with Gasteiger partial charge in [0.15, 0.2) is 0 Å². The molecule has 0 bridgehead atoms. The van der Waals surface area contributed by atoms with Gasteiger partial charge < -0.3 is 0 Å². The number of halogens is 2. The minimum absolute atomic E-state index is 0.331. The quantitative estimate of drug-likeness (QED) is 0.561. The normalized spacial score (nSPS) is 17.7. The van der Waals surface area contributed by atoms with Gasteiger partial charge in [-0.3, -0.25) is 0 Å². The number of isocyanates is 1. The highest BCUT2D eigenvalue weighted by Gasteiger charge is 2.39. The van der Waals surface area contributed by atoms with Crippen LogP contribution in [0.2, 0.25) is 5.02 Å². The number of benzene rings is 1. The van der Waals surface area contributed by atoms with Crippen molar-refractivity contribution < 1.29 is 9.18 Å². The summed E-state index contributed by atoms with van der Waals surface area (Å²) in [6, 6.07) is 4.28. The zero-order valence-corrected chi connectivity index (χ0v) is 8.72. The Hall–Kier alpha value is -1.18. The van der Waals surface area contributed by atoms with Crippen LogP contribution in [0.4, 0.5) is 4.39 Å². The van der Waals surface area contributed by atoms with Crippen molar-refractivity contribution in [3.05, 3.63) is 34.6 Å². The van der Waals surface area contributed by atoms with Crippen LogP contribution >= 0.6 is 11.6 Å². The third kappa shape index (κ3) is 1.81. The van der Waals surface area contributed by atoms with Crippen molar-refractivity contribution in [2.45, 2.75) is 24.8 Å². The SMILES string of the molecule is O=C=NC1(c2cc(F)cc(Cl)c2)CCC1. The molecule has 2 rings (SSSR count). The van der Waals surface area contributed by atoms with E-state index in [2.05, 4.69) is 4.99 Å². The van der Waals surface area contributed by atoms with Crippen LogP contribution < -0.4 is 0 Å². The molecule has 1 aromatic carbocycles. The monoisotopic (exact) mass is 225 g/mol. The van der Waals surface area contributed by atoms with Crippen LogP contribution in [0.5, 0.6) is 0 Å². The molecule has 2 nitrogen and oxygen atoms in total. The van der Waals surface area contributed by atoms with Crippen molar-refractivity contribution in [2.75, 3.05) is 0 Å². The van der Waals surface area contributed by atoms with Gasteiger partial charge in [0.2, 0.25) is 6.08 Å². The van der Waals surface area contributed by atoms with Gasteiger partial charge in [-0.2, -0.15) is 4.99 Å². The smallest absolute Gasteiger partial charge is 0.211 e. The van der Waals surface area contributed by atoms with E-state index < -0.39 is 11.4 Å². The second kappa shape index (κ2) is 3.76. The van der Waals surface area contributed by atoms with Crippen LogP contribution in [0.25, 0.3) is 0 Å². The molecule has 78 valence electrons. The Kier molecular flexibility index (Phi) is 2.59. The molecule has 15 heavy (non-hydrogen) atoms. The van der Waals surface area contributed by atoms with Gasteiger partial charge in [0.05, 0.1) is 5.54 Å². The highest BCUT2D eigenvalue weighted by atomic mass is 35.5. The fourth-order valence-corrected chi connectivity index (χ4v) is 2.11. The molecule has 0 N–H and O–H groups in total. The lowest BCUT2D eigenvalue weighted by atomic mass is 9.72. The fraction of sp³-hybridized carbons (Fsp3) is 0.364. The standard InChI is InChI=1S/C11H9ClFNO/c12-9-4-8(5-10(13)6-9)11(14-7-15)2-1-3-11/h4-6H,1-3H2. The molecule has 4 heteroatoms. The third-order valence-corrected chi connectivity index (χ3v) is 3.06. The van der Waals surface area contributed by atoms with Gasteiger partial charge in [0.25, 0.3) is 0 Å². The van der Waals surface area contributed by atoms with E-state index in [0.717, 1.165) is 19.3 Å². The van der Waals surface area contributed by atoms with Gasteiger partial charge in [-0.1, -0.05) is 11.6 Å². The number of hydrogen-bond acceptors (Lipinski definition) is 2. The lowest BCUT2D eigenvalue weighted by molar-refractivity contribution is 0.255. The number of hydrogen-bond donors (Lipinski definition) is 0. The van der Waals surface area contributed by atoms with E-state index in [1.54, 1.807) is 12.1 Å². The Morgan fingerprint density at radius 3 is 2.60 bits per heavy atom. The minimum Gasteiger partial charge on any atom is -0.211 e. The maximum atomic E-state index is 13.1. The molecular weight excluding hydrogens is 217 g/mol. The van der Waals surface area contributed by atoms with Crippen LogP contribution in [0.15, 0.2) is 23.2 Å². The number of aliphatic imine (C=N–C) groups is 1. The van der Waals surface area contributed by atoms with Gasteiger partial charge in [-0.05, 0) is 43.0 Å². The number of carbonyl (C=O) groups excluding carboxylic acids is 1. The van der Waals surface area contributed by atoms with Crippen molar-refractivity contribution in [1.29, 1.82) is 0 Å². The molecule has 1 saturated carbocycles. The summed E-state index contributed by atoms with van der Waals surface area (Å²) >= 11 is 5.76. The second-order valence-electron chi connectivity index (χ2n) is 3.75. The Balaban J connectivity index is 2.47.